The molecule has 0 aromatic carbocycles. The van der Waals surface area contributed by atoms with Gasteiger partial charge in [0.2, 0.25) is 0 Å². The number of nitrogens with zero attached hydrogens (tertiary/aromatic N) is 3. The van der Waals surface area contributed by atoms with Gasteiger partial charge in [0.15, 0.2) is 5.82 Å². The van der Waals surface area contributed by atoms with Gasteiger partial charge in [-0.1, -0.05) is 12.2 Å². The number of hydrogen-bond donors (Lipinski definition) is 2. The summed E-state index contributed by atoms with van der Waals surface area (Å²) in [5.41, 5.74) is 8.58. The summed E-state index contributed by atoms with van der Waals surface area (Å²) in [7, 11) is 0. The predicted octanol–water partition coefficient (Wildman–Crippen LogP) is 1.47. The van der Waals surface area contributed by atoms with Crippen LogP contribution in [0.1, 0.15) is 42.5 Å². The van der Waals surface area contributed by atoms with Gasteiger partial charge in [-0.25, -0.2) is 0 Å². The van der Waals surface area contributed by atoms with Crippen molar-refractivity contribution in [2.45, 2.75) is 45.6 Å². The van der Waals surface area contributed by atoms with Crippen molar-refractivity contribution in [3.63, 3.8) is 0 Å². The molecule has 1 atom stereocenters. The number of nitrogens with two attached hydrogens (primary N) is 1. The number of hydrogen-bond acceptors (Lipinski definition) is 5. The zero-order chi connectivity index (χ0) is 14.7. The lowest BCUT2D eigenvalue weighted by Gasteiger charge is -2.37. The molecule has 1 aromatic heterocycles. The van der Waals surface area contributed by atoms with Crippen molar-refractivity contribution in [2.75, 3.05) is 18.1 Å². The maximum atomic E-state index is 9.25. The van der Waals surface area contributed by atoms with Crippen LogP contribution in [0.5, 0.6) is 0 Å². The monoisotopic (exact) mass is 294 g/mol. The van der Waals surface area contributed by atoms with Crippen LogP contribution in [0.2, 0.25) is 0 Å². The van der Waals surface area contributed by atoms with Crippen LogP contribution in [-0.2, 0) is 0 Å². The summed E-state index contributed by atoms with van der Waals surface area (Å²) < 4.78 is 0. The molecule has 1 aromatic rings. The van der Waals surface area contributed by atoms with E-state index in [1.54, 1.807) is 0 Å². The third-order valence-corrected chi connectivity index (χ3v) is 4.25. The molecule has 1 fully saturated rings. The SMILES string of the molecule is Cc1nnc(N2CCCCC2CCO)c(C(N)=S)c1C. The standard InChI is InChI=1S/C14H22N4OS/c1-9-10(2)16-17-14(12(9)13(15)20)18-7-4-3-5-11(18)6-8-19/h11,19H,3-8H2,1-2H3,(H2,15,20). The average Bonchev–Trinajstić information content (AvgIpc) is 2.42. The van der Waals surface area contributed by atoms with Crippen LogP contribution in [0.25, 0.3) is 0 Å². The lowest BCUT2D eigenvalue weighted by atomic mass is 9.98. The highest BCUT2D eigenvalue weighted by atomic mass is 32.1. The predicted molar refractivity (Wildman–Crippen MR) is 84.1 cm³/mol. The quantitative estimate of drug-likeness (QED) is 0.819. The summed E-state index contributed by atoms with van der Waals surface area (Å²) in [5, 5.41) is 17.8. The highest BCUT2D eigenvalue weighted by molar-refractivity contribution is 7.80. The zero-order valence-corrected chi connectivity index (χ0v) is 12.9. The molecule has 0 aliphatic carbocycles. The largest absolute Gasteiger partial charge is 0.396 e. The van der Waals surface area contributed by atoms with Gasteiger partial charge < -0.3 is 15.7 Å². The van der Waals surface area contributed by atoms with Gasteiger partial charge in [-0.3, -0.25) is 0 Å². The summed E-state index contributed by atoms with van der Waals surface area (Å²) >= 11 is 5.20. The van der Waals surface area contributed by atoms with E-state index in [9.17, 15) is 5.11 Å². The van der Waals surface area contributed by atoms with E-state index < -0.39 is 0 Å². The first-order chi connectivity index (χ1) is 9.56. The summed E-state index contributed by atoms with van der Waals surface area (Å²) in [6.07, 6.45) is 4.10. The molecular formula is C14H22N4OS. The van der Waals surface area contributed by atoms with E-state index in [0.29, 0.717) is 11.0 Å². The fourth-order valence-electron chi connectivity index (χ4n) is 2.82. The molecule has 1 aliphatic rings. The van der Waals surface area contributed by atoms with Crippen LogP contribution < -0.4 is 10.6 Å². The van der Waals surface area contributed by atoms with Gasteiger partial charge >= 0.3 is 0 Å². The van der Waals surface area contributed by atoms with Gasteiger partial charge in [0.25, 0.3) is 0 Å². The van der Waals surface area contributed by atoms with E-state index >= 15 is 0 Å². The number of aryl methyl sites for hydroxylation is 1. The van der Waals surface area contributed by atoms with Crippen molar-refractivity contribution in [3.05, 3.63) is 16.8 Å². The molecule has 0 amide bonds. The van der Waals surface area contributed by atoms with Gasteiger partial charge in [0.05, 0.1) is 11.3 Å². The summed E-state index contributed by atoms with van der Waals surface area (Å²) in [6.45, 7) is 4.99. The molecule has 20 heavy (non-hydrogen) atoms. The summed E-state index contributed by atoms with van der Waals surface area (Å²) in [6, 6.07) is 0.290. The van der Waals surface area contributed by atoms with Gasteiger partial charge in [-0.15, -0.1) is 5.10 Å². The fraction of sp³-hybridized carbons (Fsp3) is 0.643. The molecule has 2 heterocycles. The van der Waals surface area contributed by atoms with Crippen LogP contribution in [0.15, 0.2) is 0 Å². The van der Waals surface area contributed by atoms with Crippen molar-refractivity contribution in [1.82, 2.24) is 10.2 Å². The molecule has 1 unspecified atom stereocenters. The van der Waals surface area contributed by atoms with Crippen molar-refractivity contribution < 1.29 is 5.11 Å². The second kappa shape index (κ2) is 6.45. The maximum Gasteiger partial charge on any atom is 0.162 e. The molecule has 2 rings (SSSR count). The maximum absolute atomic E-state index is 9.25. The first-order valence-corrected chi connectivity index (χ1v) is 7.48. The van der Waals surface area contributed by atoms with Crippen LogP contribution in [-0.4, -0.2) is 39.5 Å². The van der Waals surface area contributed by atoms with Gasteiger partial charge in [-0.2, -0.15) is 5.10 Å². The van der Waals surface area contributed by atoms with Crippen LogP contribution >= 0.6 is 12.2 Å². The molecule has 110 valence electrons. The Morgan fingerprint density at radius 1 is 1.40 bits per heavy atom. The second-order valence-corrected chi connectivity index (χ2v) is 5.77. The molecule has 3 N–H and O–H groups in total. The van der Waals surface area contributed by atoms with Crippen LogP contribution in [0.4, 0.5) is 5.82 Å². The zero-order valence-electron chi connectivity index (χ0n) is 12.1. The number of aromatic nitrogens is 2. The fourth-order valence-corrected chi connectivity index (χ4v) is 3.06. The Balaban J connectivity index is 2.44. The van der Waals surface area contributed by atoms with Crippen LogP contribution in [0, 0.1) is 13.8 Å². The Labute approximate surface area is 125 Å². The van der Waals surface area contributed by atoms with Crippen LogP contribution in [0.3, 0.4) is 0 Å². The van der Waals surface area contributed by atoms with Crippen molar-refractivity contribution in [3.8, 4) is 0 Å². The molecule has 5 nitrogen and oxygen atoms in total. The Morgan fingerprint density at radius 3 is 2.80 bits per heavy atom. The van der Waals surface area contributed by atoms with E-state index in [1.165, 1.54) is 6.42 Å². The van der Waals surface area contributed by atoms with E-state index in [1.807, 2.05) is 13.8 Å². The molecule has 1 aliphatic heterocycles. The molecule has 0 spiro atoms. The Hall–Kier alpha value is -1.27. The Bertz CT molecular complexity index is 504. The Morgan fingerprint density at radius 2 is 2.15 bits per heavy atom. The van der Waals surface area contributed by atoms with Gasteiger partial charge in [0.1, 0.15) is 4.99 Å². The van der Waals surface area contributed by atoms with E-state index in [2.05, 4.69) is 15.1 Å². The molecule has 0 saturated carbocycles. The lowest BCUT2D eigenvalue weighted by Crippen LogP contribution is -2.42. The van der Waals surface area contributed by atoms with E-state index in [0.717, 1.165) is 48.4 Å². The second-order valence-electron chi connectivity index (χ2n) is 5.33. The number of thiocarbonyl (C=S) groups is 1. The lowest BCUT2D eigenvalue weighted by molar-refractivity contribution is 0.262. The molecular weight excluding hydrogens is 272 g/mol. The third-order valence-electron chi connectivity index (χ3n) is 4.04. The minimum Gasteiger partial charge on any atom is -0.396 e. The van der Waals surface area contributed by atoms with Crippen molar-refractivity contribution >= 4 is 23.0 Å². The number of anilines is 1. The topological polar surface area (TPSA) is 75.3 Å². The minimum atomic E-state index is 0.182. The molecule has 6 heteroatoms. The van der Waals surface area contributed by atoms with Gasteiger partial charge in [-0.05, 0) is 45.1 Å². The van der Waals surface area contributed by atoms with Crippen molar-refractivity contribution in [2.24, 2.45) is 5.73 Å². The summed E-state index contributed by atoms with van der Waals surface area (Å²) in [5.74, 6) is 0.777. The molecule has 0 radical (unpaired) electrons. The number of rotatable bonds is 4. The highest BCUT2D eigenvalue weighted by Crippen LogP contribution is 2.29. The normalized spacial score (nSPS) is 19.1. The van der Waals surface area contributed by atoms with E-state index in [4.69, 9.17) is 18.0 Å². The number of aliphatic hydroxyl groups is 1. The minimum absolute atomic E-state index is 0.182. The molecule has 0 bridgehead atoms. The Kier molecular flexibility index (Phi) is 4.88. The third kappa shape index (κ3) is 2.91. The molecule has 1 saturated heterocycles. The summed E-state index contributed by atoms with van der Waals surface area (Å²) in [4.78, 5) is 2.58. The highest BCUT2D eigenvalue weighted by Gasteiger charge is 2.27. The number of aliphatic hydroxyl groups excluding tert-OH is 1. The average molecular weight is 294 g/mol. The van der Waals surface area contributed by atoms with Gasteiger partial charge in [0, 0.05) is 19.2 Å². The van der Waals surface area contributed by atoms with Crippen molar-refractivity contribution in [1.29, 1.82) is 0 Å². The number of piperidine rings is 1. The smallest absolute Gasteiger partial charge is 0.162 e. The van der Waals surface area contributed by atoms with E-state index in [-0.39, 0.29) is 6.61 Å². The first-order valence-electron chi connectivity index (χ1n) is 7.07. The first kappa shape index (κ1) is 15.1.